The third-order valence-electron chi connectivity index (χ3n) is 7.31. The van der Waals surface area contributed by atoms with Crippen LogP contribution in [0.2, 0.25) is 0 Å². The lowest BCUT2D eigenvalue weighted by Gasteiger charge is -2.45. The third kappa shape index (κ3) is 3.85. The maximum atomic E-state index is 13.8. The number of likely N-dealkylation sites (N-methyl/N-ethyl adjacent to an activating group) is 1. The summed E-state index contributed by atoms with van der Waals surface area (Å²) >= 11 is 0. The Labute approximate surface area is 176 Å². The van der Waals surface area contributed by atoms with Crippen LogP contribution in [0, 0.1) is 5.92 Å². The third-order valence-corrected chi connectivity index (χ3v) is 7.31. The van der Waals surface area contributed by atoms with Gasteiger partial charge < -0.3 is 9.38 Å². The van der Waals surface area contributed by atoms with E-state index in [2.05, 4.69) is 52.1 Å². The molecule has 2 aromatic carbocycles. The van der Waals surface area contributed by atoms with Gasteiger partial charge >= 0.3 is 0 Å². The number of carbonyl (C=O) groups excluding carboxylic acids is 1. The lowest BCUT2D eigenvalue weighted by Crippen LogP contribution is -2.57. The molecule has 0 saturated carbocycles. The second kappa shape index (κ2) is 7.95. The smallest absolute Gasteiger partial charge is 0.237 e. The summed E-state index contributed by atoms with van der Waals surface area (Å²) in [5.74, 6) is 0.869. The quantitative estimate of drug-likeness (QED) is 0.651. The summed E-state index contributed by atoms with van der Waals surface area (Å²) in [4.78, 5) is 15.6. The van der Waals surface area contributed by atoms with Gasteiger partial charge in [0, 0.05) is 32.9 Å². The highest BCUT2D eigenvalue weighted by Crippen LogP contribution is 2.43. The molecule has 2 atom stereocenters. The van der Waals surface area contributed by atoms with Crippen LogP contribution in [0.3, 0.4) is 0 Å². The highest BCUT2D eigenvalue weighted by molar-refractivity contribution is 5.91. The highest BCUT2D eigenvalue weighted by Gasteiger charge is 2.51. The maximum absolute atomic E-state index is 13.8. The van der Waals surface area contributed by atoms with Crippen LogP contribution >= 0.6 is 0 Å². The van der Waals surface area contributed by atoms with Crippen LogP contribution in [-0.2, 0) is 10.2 Å². The summed E-state index contributed by atoms with van der Waals surface area (Å²) in [5, 5.41) is 0. The van der Waals surface area contributed by atoms with E-state index in [0.29, 0.717) is 5.92 Å². The summed E-state index contributed by atoms with van der Waals surface area (Å²) in [7, 11) is 6.13. The zero-order chi connectivity index (χ0) is 21.3. The van der Waals surface area contributed by atoms with E-state index in [9.17, 15) is 4.79 Å². The van der Waals surface area contributed by atoms with Gasteiger partial charge in [0.05, 0.1) is 25.7 Å². The van der Waals surface area contributed by atoms with Gasteiger partial charge in [-0.2, -0.15) is 0 Å². The number of carbonyl (C=O) groups is 1. The molecule has 1 fully saturated rings. The zero-order valence-corrected chi connectivity index (χ0v) is 19.0. The number of rotatable bonds is 6. The van der Waals surface area contributed by atoms with E-state index in [0.717, 1.165) is 28.6 Å². The molecule has 3 heteroatoms. The average Bonchev–Trinajstić information content (AvgIpc) is 2.90. The molecule has 0 aliphatic carbocycles. The number of amides is 1. The summed E-state index contributed by atoms with van der Waals surface area (Å²) in [6.07, 6.45) is 2.03. The molecule has 0 radical (unpaired) electrons. The van der Waals surface area contributed by atoms with Crippen LogP contribution in [0.25, 0.3) is 0 Å². The standard InChI is InChI=1S/C26H37N2O/c1-21-19-25(2,3)28(6,20-21)18-17-26(24(29)27(4)5,22-13-9-7-10-14-22)23-15-11-8-12-16-23/h7-16,21H,17-20H2,1-6H3/q+1. The minimum atomic E-state index is -0.671. The SMILES string of the molecule is CC1CC(C)(C)[N+](C)(CCC(C(=O)N(C)C)(c2ccccc2)c2ccccc2)C1. The van der Waals surface area contributed by atoms with E-state index in [1.54, 1.807) is 4.90 Å². The molecule has 3 rings (SSSR count). The predicted octanol–water partition coefficient (Wildman–Crippen LogP) is 4.72. The van der Waals surface area contributed by atoms with Crippen molar-refractivity contribution in [1.29, 1.82) is 0 Å². The molecule has 2 unspecified atom stereocenters. The monoisotopic (exact) mass is 393 g/mol. The Morgan fingerprint density at radius 1 is 1.03 bits per heavy atom. The van der Waals surface area contributed by atoms with Gasteiger partial charge in [0.15, 0.2) is 0 Å². The van der Waals surface area contributed by atoms with Crippen molar-refractivity contribution >= 4 is 5.91 Å². The Hall–Kier alpha value is -2.13. The molecule has 0 N–H and O–H groups in total. The minimum Gasteiger partial charge on any atom is -0.348 e. The van der Waals surface area contributed by atoms with Crippen LogP contribution in [0.1, 0.15) is 44.7 Å². The molecule has 1 amide bonds. The van der Waals surface area contributed by atoms with E-state index < -0.39 is 5.41 Å². The zero-order valence-electron chi connectivity index (χ0n) is 19.0. The summed E-state index contributed by atoms with van der Waals surface area (Å²) in [5.41, 5.74) is 1.72. The first kappa shape index (κ1) is 21.6. The number of hydrogen-bond donors (Lipinski definition) is 0. The number of likely N-dealkylation sites (tertiary alicyclic amines) is 1. The van der Waals surface area contributed by atoms with Gasteiger partial charge in [0.2, 0.25) is 5.91 Å². The van der Waals surface area contributed by atoms with Gasteiger partial charge in [0.1, 0.15) is 5.41 Å². The first-order chi connectivity index (χ1) is 13.6. The van der Waals surface area contributed by atoms with Crippen molar-refractivity contribution in [2.75, 3.05) is 34.2 Å². The molecule has 3 nitrogen and oxygen atoms in total. The van der Waals surface area contributed by atoms with Gasteiger partial charge in [-0.15, -0.1) is 0 Å². The van der Waals surface area contributed by atoms with Gasteiger partial charge in [-0.05, 0) is 25.0 Å². The second-order valence-corrected chi connectivity index (χ2v) is 10.0. The highest BCUT2D eigenvalue weighted by atomic mass is 16.2. The summed E-state index contributed by atoms with van der Waals surface area (Å²) < 4.78 is 1.01. The van der Waals surface area contributed by atoms with Crippen molar-refractivity contribution in [3.63, 3.8) is 0 Å². The molecular formula is C26H37N2O+. The van der Waals surface area contributed by atoms with Crippen LogP contribution < -0.4 is 0 Å². The minimum absolute atomic E-state index is 0.159. The molecule has 0 aromatic heterocycles. The number of hydrogen-bond acceptors (Lipinski definition) is 1. The fraction of sp³-hybridized carbons (Fsp3) is 0.500. The number of quaternary nitrogens is 1. The summed E-state index contributed by atoms with van der Waals surface area (Å²) in [6.45, 7) is 9.27. The topological polar surface area (TPSA) is 20.3 Å². The van der Waals surface area contributed by atoms with Crippen molar-refractivity contribution in [2.45, 2.75) is 44.6 Å². The fourth-order valence-corrected chi connectivity index (χ4v) is 5.52. The molecule has 1 aliphatic heterocycles. The molecular weight excluding hydrogens is 356 g/mol. The van der Waals surface area contributed by atoms with E-state index in [1.807, 2.05) is 50.5 Å². The molecule has 0 spiro atoms. The van der Waals surface area contributed by atoms with Crippen LogP contribution in [0.5, 0.6) is 0 Å². The van der Waals surface area contributed by atoms with E-state index in [-0.39, 0.29) is 11.4 Å². The first-order valence-corrected chi connectivity index (χ1v) is 10.8. The lowest BCUT2D eigenvalue weighted by atomic mass is 9.70. The van der Waals surface area contributed by atoms with Crippen molar-refractivity contribution in [2.24, 2.45) is 5.92 Å². The molecule has 2 aromatic rings. The molecule has 1 saturated heterocycles. The van der Waals surface area contributed by atoms with Crippen LogP contribution in [0.4, 0.5) is 0 Å². The Kier molecular flexibility index (Phi) is 5.91. The van der Waals surface area contributed by atoms with E-state index in [1.165, 1.54) is 13.0 Å². The predicted molar refractivity (Wildman–Crippen MR) is 121 cm³/mol. The van der Waals surface area contributed by atoms with E-state index in [4.69, 9.17) is 0 Å². The number of nitrogens with zero attached hydrogens (tertiary/aromatic N) is 2. The largest absolute Gasteiger partial charge is 0.348 e. The molecule has 1 heterocycles. The van der Waals surface area contributed by atoms with Gasteiger partial charge in [0.25, 0.3) is 0 Å². The van der Waals surface area contributed by atoms with E-state index >= 15 is 0 Å². The Morgan fingerprint density at radius 2 is 1.52 bits per heavy atom. The molecule has 156 valence electrons. The van der Waals surface area contributed by atoms with Crippen molar-refractivity contribution in [3.8, 4) is 0 Å². The Bertz CT molecular complexity index is 789. The molecule has 29 heavy (non-hydrogen) atoms. The van der Waals surface area contributed by atoms with Crippen molar-refractivity contribution < 1.29 is 9.28 Å². The first-order valence-electron chi connectivity index (χ1n) is 10.8. The van der Waals surface area contributed by atoms with Crippen molar-refractivity contribution in [3.05, 3.63) is 71.8 Å². The summed E-state index contributed by atoms with van der Waals surface area (Å²) in [6, 6.07) is 20.7. The van der Waals surface area contributed by atoms with Crippen LogP contribution in [0.15, 0.2) is 60.7 Å². The van der Waals surface area contributed by atoms with Gasteiger partial charge in [-0.1, -0.05) is 67.6 Å². The van der Waals surface area contributed by atoms with Crippen LogP contribution in [-0.4, -0.2) is 55.1 Å². The van der Waals surface area contributed by atoms with Gasteiger partial charge in [-0.25, -0.2) is 0 Å². The number of benzene rings is 2. The second-order valence-electron chi connectivity index (χ2n) is 10.0. The molecule has 1 aliphatic rings. The maximum Gasteiger partial charge on any atom is 0.237 e. The lowest BCUT2D eigenvalue weighted by molar-refractivity contribution is -0.944. The average molecular weight is 394 g/mol. The molecule has 0 bridgehead atoms. The fourth-order valence-electron chi connectivity index (χ4n) is 5.52. The Morgan fingerprint density at radius 3 is 1.90 bits per heavy atom. The van der Waals surface area contributed by atoms with Crippen molar-refractivity contribution in [1.82, 2.24) is 4.90 Å². The Balaban J connectivity index is 2.11. The van der Waals surface area contributed by atoms with Gasteiger partial charge in [-0.3, -0.25) is 4.79 Å². The normalized spacial score (nSPS) is 23.7.